The van der Waals surface area contributed by atoms with Crippen molar-refractivity contribution in [2.75, 3.05) is 37.7 Å². The minimum atomic E-state index is -0.392. The normalized spacial score (nSPS) is 24.0. The Kier molecular flexibility index (Phi) is 4.30. The summed E-state index contributed by atoms with van der Waals surface area (Å²) in [5, 5.41) is 0. The second kappa shape index (κ2) is 6.73. The quantitative estimate of drug-likeness (QED) is 0.861. The fourth-order valence-electron chi connectivity index (χ4n) is 3.65. The molecule has 0 bridgehead atoms. The van der Waals surface area contributed by atoms with Gasteiger partial charge in [0.2, 0.25) is 5.95 Å². The molecule has 0 aliphatic carbocycles. The molecule has 2 atom stereocenters. The molecule has 24 heavy (non-hydrogen) atoms. The van der Waals surface area contributed by atoms with Crippen molar-refractivity contribution in [1.29, 1.82) is 0 Å². The van der Waals surface area contributed by atoms with Gasteiger partial charge in [0.15, 0.2) is 5.82 Å². The maximum absolute atomic E-state index is 13.0. The zero-order valence-corrected chi connectivity index (χ0v) is 13.5. The second-order valence-corrected chi connectivity index (χ2v) is 6.52. The third kappa shape index (κ3) is 3.33. The largest absolute Gasteiger partial charge is 0.493 e. The Morgan fingerprint density at radius 3 is 2.67 bits per heavy atom. The van der Waals surface area contributed by atoms with Gasteiger partial charge in [0, 0.05) is 38.1 Å². The van der Waals surface area contributed by atoms with Crippen LogP contribution in [0.3, 0.4) is 0 Å². The van der Waals surface area contributed by atoms with Gasteiger partial charge in [0.25, 0.3) is 0 Å². The number of rotatable bonds is 4. The third-order valence-electron chi connectivity index (χ3n) is 4.82. The predicted molar refractivity (Wildman–Crippen MR) is 89.6 cm³/mol. The summed E-state index contributed by atoms with van der Waals surface area (Å²) in [6, 6.07) is 10.5. The van der Waals surface area contributed by atoms with Crippen LogP contribution in [0.1, 0.15) is 6.42 Å². The van der Waals surface area contributed by atoms with E-state index in [2.05, 4.69) is 19.8 Å². The SMILES string of the molecule is Fc1cnc(N2CCN3C[C@@H](COc4ccccc4)C[C@H]3C2)nc1. The molecule has 4 rings (SSSR count). The molecule has 2 saturated heterocycles. The highest BCUT2D eigenvalue weighted by atomic mass is 19.1. The van der Waals surface area contributed by atoms with Crippen LogP contribution in [-0.4, -0.2) is 53.7 Å². The van der Waals surface area contributed by atoms with Crippen LogP contribution in [0.2, 0.25) is 0 Å². The van der Waals surface area contributed by atoms with E-state index < -0.39 is 5.82 Å². The van der Waals surface area contributed by atoms with Crippen molar-refractivity contribution in [2.45, 2.75) is 12.5 Å². The molecule has 0 amide bonds. The van der Waals surface area contributed by atoms with E-state index in [-0.39, 0.29) is 0 Å². The van der Waals surface area contributed by atoms with Crippen LogP contribution in [0.4, 0.5) is 10.3 Å². The minimum absolute atomic E-state index is 0.392. The summed E-state index contributed by atoms with van der Waals surface area (Å²) in [6.07, 6.45) is 3.59. The molecular weight excluding hydrogens is 307 g/mol. The summed E-state index contributed by atoms with van der Waals surface area (Å²) < 4.78 is 18.9. The Hall–Kier alpha value is -2.21. The molecule has 2 aliphatic rings. The fourth-order valence-corrected chi connectivity index (χ4v) is 3.65. The molecule has 0 radical (unpaired) electrons. The van der Waals surface area contributed by atoms with E-state index in [4.69, 9.17) is 4.74 Å². The van der Waals surface area contributed by atoms with Gasteiger partial charge < -0.3 is 9.64 Å². The first-order chi connectivity index (χ1) is 11.8. The van der Waals surface area contributed by atoms with E-state index in [1.807, 2.05) is 30.3 Å². The number of benzene rings is 1. The highest BCUT2D eigenvalue weighted by molar-refractivity contribution is 5.30. The average Bonchev–Trinajstić information content (AvgIpc) is 3.03. The number of hydrogen-bond donors (Lipinski definition) is 0. The van der Waals surface area contributed by atoms with Crippen LogP contribution in [-0.2, 0) is 0 Å². The van der Waals surface area contributed by atoms with E-state index in [1.54, 1.807) is 0 Å². The van der Waals surface area contributed by atoms with Gasteiger partial charge in [0.1, 0.15) is 5.75 Å². The minimum Gasteiger partial charge on any atom is -0.493 e. The molecule has 5 nitrogen and oxygen atoms in total. The van der Waals surface area contributed by atoms with Gasteiger partial charge in [-0.2, -0.15) is 0 Å². The van der Waals surface area contributed by atoms with Gasteiger partial charge in [-0.3, -0.25) is 4.90 Å². The molecule has 2 aromatic rings. The van der Waals surface area contributed by atoms with Crippen molar-refractivity contribution in [3.8, 4) is 5.75 Å². The summed E-state index contributed by atoms with van der Waals surface area (Å²) in [4.78, 5) is 12.9. The summed E-state index contributed by atoms with van der Waals surface area (Å²) in [5.74, 6) is 1.71. The van der Waals surface area contributed by atoms with Crippen molar-refractivity contribution in [1.82, 2.24) is 14.9 Å². The molecule has 0 unspecified atom stereocenters. The highest BCUT2D eigenvalue weighted by Gasteiger charge is 2.36. The first-order valence-electron chi connectivity index (χ1n) is 8.42. The van der Waals surface area contributed by atoms with E-state index in [9.17, 15) is 4.39 Å². The third-order valence-corrected chi connectivity index (χ3v) is 4.82. The van der Waals surface area contributed by atoms with Gasteiger partial charge in [-0.05, 0) is 18.6 Å². The summed E-state index contributed by atoms with van der Waals surface area (Å²) in [6.45, 7) is 4.61. The molecule has 0 spiro atoms. The Bertz CT molecular complexity index is 666. The molecule has 6 heteroatoms. The summed E-state index contributed by atoms with van der Waals surface area (Å²) in [5.41, 5.74) is 0. The fraction of sp³-hybridized carbons (Fsp3) is 0.444. The first-order valence-corrected chi connectivity index (χ1v) is 8.42. The maximum Gasteiger partial charge on any atom is 0.225 e. The van der Waals surface area contributed by atoms with Crippen LogP contribution >= 0.6 is 0 Å². The number of halogens is 1. The van der Waals surface area contributed by atoms with Crippen LogP contribution in [0.15, 0.2) is 42.7 Å². The van der Waals surface area contributed by atoms with Crippen molar-refractivity contribution < 1.29 is 9.13 Å². The molecule has 1 aromatic carbocycles. The molecule has 2 fully saturated rings. The van der Waals surface area contributed by atoms with Crippen LogP contribution < -0.4 is 9.64 Å². The van der Waals surface area contributed by atoms with Crippen molar-refractivity contribution >= 4 is 5.95 Å². The smallest absolute Gasteiger partial charge is 0.225 e. The van der Waals surface area contributed by atoms with E-state index in [0.29, 0.717) is 17.9 Å². The lowest BCUT2D eigenvalue weighted by Crippen LogP contribution is -2.50. The standard InChI is InChI=1S/C18H21FN4O/c19-15-9-20-18(21-10-15)23-7-6-22-11-14(8-16(22)12-23)13-24-17-4-2-1-3-5-17/h1-5,9-10,14,16H,6-8,11-13H2/t14-,16-/m0/s1. The zero-order valence-electron chi connectivity index (χ0n) is 13.5. The Morgan fingerprint density at radius 1 is 1.08 bits per heavy atom. The molecule has 2 aliphatic heterocycles. The van der Waals surface area contributed by atoms with Crippen molar-refractivity contribution in [3.05, 3.63) is 48.5 Å². The number of hydrogen-bond acceptors (Lipinski definition) is 5. The molecule has 126 valence electrons. The highest BCUT2D eigenvalue weighted by Crippen LogP contribution is 2.28. The Morgan fingerprint density at radius 2 is 1.88 bits per heavy atom. The number of anilines is 1. The summed E-state index contributed by atoms with van der Waals surface area (Å²) >= 11 is 0. The van der Waals surface area contributed by atoms with Gasteiger partial charge in [0.05, 0.1) is 19.0 Å². The lowest BCUT2D eigenvalue weighted by atomic mass is 10.1. The number of fused-ring (bicyclic) bond motifs is 1. The molecular formula is C18H21FN4O. The van der Waals surface area contributed by atoms with E-state index in [1.165, 1.54) is 12.4 Å². The molecule has 0 N–H and O–H groups in total. The lowest BCUT2D eigenvalue weighted by Gasteiger charge is -2.37. The topological polar surface area (TPSA) is 41.5 Å². The molecule has 1 aromatic heterocycles. The van der Waals surface area contributed by atoms with Crippen LogP contribution in [0, 0.1) is 11.7 Å². The van der Waals surface area contributed by atoms with Gasteiger partial charge in [-0.25, -0.2) is 14.4 Å². The van der Waals surface area contributed by atoms with Gasteiger partial charge in [-0.15, -0.1) is 0 Å². The average molecular weight is 328 g/mol. The van der Waals surface area contributed by atoms with Gasteiger partial charge >= 0.3 is 0 Å². The van der Waals surface area contributed by atoms with Gasteiger partial charge in [-0.1, -0.05) is 18.2 Å². The van der Waals surface area contributed by atoms with Crippen LogP contribution in [0.25, 0.3) is 0 Å². The van der Waals surface area contributed by atoms with Crippen LogP contribution in [0.5, 0.6) is 5.75 Å². The van der Waals surface area contributed by atoms with Crippen molar-refractivity contribution in [3.63, 3.8) is 0 Å². The summed E-state index contributed by atoms with van der Waals surface area (Å²) in [7, 11) is 0. The first kappa shape index (κ1) is 15.3. The predicted octanol–water partition coefficient (Wildman–Crippen LogP) is 2.21. The maximum atomic E-state index is 13.0. The number of aromatic nitrogens is 2. The monoisotopic (exact) mass is 328 g/mol. The Labute approximate surface area is 141 Å². The van der Waals surface area contributed by atoms with E-state index >= 15 is 0 Å². The number of nitrogens with zero attached hydrogens (tertiary/aromatic N) is 4. The van der Waals surface area contributed by atoms with Crippen molar-refractivity contribution in [2.24, 2.45) is 5.92 Å². The second-order valence-electron chi connectivity index (χ2n) is 6.52. The van der Waals surface area contributed by atoms with E-state index in [0.717, 1.165) is 45.0 Å². The lowest BCUT2D eigenvalue weighted by molar-refractivity contribution is 0.216. The zero-order chi connectivity index (χ0) is 16.4. The number of para-hydroxylation sites is 1. The molecule has 3 heterocycles. The number of ether oxygens (including phenoxy) is 1. The Balaban J connectivity index is 1.33. The number of piperazine rings is 1. The molecule has 0 saturated carbocycles.